The molecule has 1 aromatic carbocycles. The molecule has 1 aliphatic rings. The van der Waals surface area contributed by atoms with Gasteiger partial charge in [-0.25, -0.2) is 4.79 Å². The number of rotatable bonds is 5. The van der Waals surface area contributed by atoms with E-state index in [1.165, 1.54) is 0 Å². The fourth-order valence-electron chi connectivity index (χ4n) is 3.16. The number of hydrogen-bond acceptors (Lipinski definition) is 2. The number of amides is 1. The Bertz CT molecular complexity index is 534. The molecule has 21 heavy (non-hydrogen) atoms. The molecule has 1 amide bonds. The number of benzene rings is 1. The third kappa shape index (κ3) is 2.80. The van der Waals surface area contributed by atoms with E-state index >= 15 is 0 Å². The lowest BCUT2D eigenvalue weighted by molar-refractivity contribution is -0.142. The smallest absolute Gasteiger partial charge is 0.326 e. The summed E-state index contributed by atoms with van der Waals surface area (Å²) in [5.74, 6) is -1.29. The van der Waals surface area contributed by atoms with Crippen molar-refractivity contribution in [2.45, 2.75) is 40.2 Å². The third-order valence-electron chi connectivity index (χ3n) is 5.18. The van der Waals surface area contributed by atoms with Crippen molar-refractivity contribution in [2.24, 2.45) is 16.7 Å². The zero-order chi connectivity index (χ0) is 15.8. The van der Waals surface area contributed by atoms with Crippen molar-refractivity contribution in [1.82, 2.24) is 5.32 Å². The molecular formula is C17H23NO3. The first kappa shape index (κ1) is 15.5. The van der Waals surface area contributed by atoms with E-state index in [0.29, 0.717) is 6.42 Å². The molecule has 1 aliphatic carbocycles. The summed E-state index contributed by atoms with van der Waals surface area (Å²) in [6.45, 7) is 8.18. The number of carbonyl (C=O) groups is 2. The second-order valence-electron chi connectivity index (χ2n) is 6.97. The van der Waals surface area contributed by atoms with Crippen LogP contribution < -0.4 is 5.32 Å². The van der Waals surface area contributed by atoms with Gasteiger partial charge in [0, 0.05) is 12.3 Å². The lowest BCUT2D eigenvalue weighted by Crippen LogP contribution is -2.43. The zero-order valence-electron chi connectivity index (χ0n) is 13.0. The van der Waals surface area contributed by atoms with E-state index in [2.05, 4.69) is 5.32 Å². The molecule has 1 fully saturated rings. The van der Waals surface area contributed by atoms with E-state index in [0.717, 1.165) is 5.56 Å². The van der Waals surface area contributed by atoms with Crippen molar-refractivity contribution < 1.29 is 14.7 Å². The van der Waals surface area contributed by atoms with Crippen LogP contribution in [0.1, 0.15) is 33.3 Å². The van der Waals surface area contributed by atoms with E-state index in [4.69, 9.17) is 0 Å². The Morgan fingerprint density at radius 3 is 2.10 bits per heavy atom. The number of carboxylic acids is 1. The summed E-state index contributed by atoms with van der Waals surface area (Å²) in [5.41, 5.74) is 0.722. The van der Waals surface area contributed by atoms with Crippen LogP contribution in [0.5, 0.6) is 0 Å². The highest BCUT2D eigenvalue weighted by molar-refractivity contribution is 5.88. The van der Waals surface area contributed by atoms with Crippen LogP contribution in [0.3, 0.4) is 0 Å². The minimum absolute atomic E-state index is 0.0904. The van der Waals surface area contributed by atoms with Gasteiger partial charge in [-0.1, -0.05) is 58.0 Å². The average molecular weight is 289 g/mol. The van der Waals surface area contributed by atoms with E-state index in [-0.39, 0.29) is 22.7 Å². The molecule has 0 aromatic heterocycles. The SMILES string of the molecule is CC1(C)C(C(=O)N[C@H](Cc2ccccc2)C(=O)O)C1(C)C. The monoisotopic (exact) mass is 289 g/mol. The molecule has 1 aromatic rings. The van der Waals surface area contributed by atoms with Crippen molar-refractivity contribution in [3.05, 3.63) is 35.9 Å². The Kier molecular flexibility index (Phi) is 3.83. The summed E-state index contributed by atoms with van der Waals surface area (Å²) in [6.07, 6.45) is 0.301. The number of aliphatic carboxylic acids is 1. The Balaban J connectivity index is 2.05. The highest BCUT2D eigenvalue weighted by atomic mass is 16.4. The minimum atomic E-state index is -0.997. The Labute approximate surface area is 125 Å². The van der Waals surface area contributed by atoms with Gasteiger partial charge in [0.05, 0.1) is 0 Å². The van der Waals surface area contributed by atoms with Crippen LogP contribution in [0, 0.1) is 16.7 Å². The molecule has 0 radical (unpaired) electrons. The van der Waals surface area contributed by atoms with Crippen LogP contribution in [0.2, 0.25) is 0 Å². The highest BCUT2D eigenvalue weighted by Crippen LogP contribution is 2.68. The fourth-order valence-corrected chi connectivity index (χ4v) is 3.16. The van der Waals surface area contributed by atoms with Gasteiger partial charge in [-0.05, 0) is 16.4 Å². The van der Waals surface area contributed by atoms with Crippen molar-refractivity contribution in [3.63, 3.8) is 0 Å². The van der Waals surface area contributed by atoms with E-state index in [9.17, 15) is 14.7 Å². The third-order valence-corrected chi connectivity index (χ3v) is 5.18. The molecule has 4 nitrogen and oxygen atoms in total. The molecule has 0 heterocycles. The summed E-state index contributed by atoms with van der Waals surface area (Å²) in [7, 11) is 0. The van der Waals surface area contributed by atoms with Crippen LogP contribution in [-0.2, 0) is 16.0 Å². The Hall–Kier alpha value is -1.84. The van der Waals surface area contributed by atoms with Gasteiger partial charge in [0.2, 0.25) is 5.91 Å². The van der Waals surface area contributed by atoms with E-state index in [1.807, 2.05) is 58.0 Å². The van der Waals surface area contributed by atoms with Gasteiger partial charge in [0.25, 0.3) is 0 Å². The quantitative estimate of drug-likeness (QED) is 0.875. The maximum atomic E-state index is 12.4. The molecule has 2 N–H and O–H groups in total. The van der Waals surface area contributed by atoms with Gasteiger partial charge in [-0.2, -0.15) is 0 Å². The van der Waals surface area contributed by atoms with Crippen molar-refractivity contribution in [1.29, 1.82) is 0 Å². The van der Waals surface area contributed by atoms with Crippen LogP contribution in [-0.4, -0.2) is 23.0 Å². The van der Waals surface area contributed by atoms with Crippen molar-refractivity contribution in [3.8, 4) is 0 Å². The minimum Gasteiger partial charge on any atom is -0.480 e. The van der Waals surface area contributed by atoms with Crippen LogP contribution >= 0.6 is 0 Å². The second-order valence-corrected chi connectivity index (χ2v) is 6.97. The molecule has 0 unspecified atom stereocenters. The topological polar surface area (TPSA) is 66.4 Å². The highest BCUT2D eigenvalue weighted by Gasteiger charge is 2.68. The first-order valence-corrected chi connectivity index (χ1v) is 7.25. The van der Waals surface area contributed by atoms with Gasteiger partial charge < -0.3 is 10.4 Å². The molecule has 0 aliphatic heterocycles. The molecule has 0 saturated heterocycles. The molecule has 1 saturated carbocycles. The molecule has 4 heteroatoms. The Morgan fingerprint density at radius 2 is 1.67 bits per heavy atom. The molecule has 2 rings (SSSR count). The lowest BCUT2D eigenvalue weighted by Gasteiger charge is -2.15. The van der Waals surface area contributed by atoms with Gasteiger partial charge in [-0.3, -0.25) is 4.79 Å². The van der Waals surface area contributed by atoms with Crippen LogP contribution in [0.25, 0.3) is 0 Å². The molecular weight excluding hydrogens is 266 g/mol. The summed E-state index contributed by atoms with van der Waals surface area (Å²) >= 11 is 0. The predicted molar refractivity (Wildman–Crippen MR) is 80.8 cm³/mol. The molecule has 0 bridgehead atoms. The summed E-state index contributed by atoms with van der Waals surface area (Å²) in [4.78, 5) is 23.8. The predicted octanol–water partition coefficient (Wildman–Crippen LogP) is 2.48. The van der Waals surface area contributed by atoms with Crippen molar-refractivity contribution >= 4 is 11.9 Å². The van der Waals surface area contributed by atoms with Crippen LogP contribution in [0.4, 0.5) is 0 Å². The molecule has 0 spiro atoms. The second kappa shape index (κ2) is 5.17. The normalized spacial score (nSPS) is 20.6. The largest absolute Gasteiger partial charge is 0.480 e. The summed E-state index contributed by atoms with van der Waals surface area (Å²) in [6, 6.07) is 8.46. The fraction of sp³-hybridized carbons (Fsp3) is 0.529. The average Bonchev–Trinajstić information content (AvgIpc) is 2.80. The van der Waals surface area contributed by atoms with Crippen LogP contribution in [0.15, 0.2) is 30.3 Å². The zero-order valence-corrected chi connectivity index (χ0v) is 13.0. The summed E-state index contributed by atoms with van der Waals surface area (Å²) < 4.78 is 0. The number of carboxylic acid groups (broad SMARTS) is 1. The first-order valence-electron chi connectivity index (χ1n) is 7.25. The Morgan fingerprint density at radius 1 is 1.14 bits per heavy atom. The van der Waals surface area contributed by atoms with Gasteiger partial charge in [-0.15, -0.1) is 0 Å². The number of carbonyl (C=O) groups excluding carboxylic acids is 1. The maximum Gasteiger partial charge on any atom is 0.326 e. The standard InChI is InChI=1S/C17H23NO3/c1-16(2)13(17(16,3)4)14(19)18-12(15(20)21)10-11-8-6-5-7-9-11/h5-9,12-13H,10H2,1-4H3,(H,18,19)(H,20,21)/t12-/m1/s1. The first-order chi connectivity index (χ1) is 9.68. The van der Waals surface area contributed by atoms with E-state index < -0.39 is 12.0 Å². The van der Waals surface area contributed by atoms with Crippen molar-refractivity contribution in [2.75, 3.05) is 0 Å². The van der Waals surface area contributed by atoms with E-state index in [1.54, 1.807) is 0 Å². The van der Waals surface area contributed by atoms with Gasteiger partial charge >= 0.3 is 5.97 Å². The summed E-state index contributed by atoms with van der Waals surface area (Å²) in [5, 5.41) is 12.0. The van der Waals surface area contributed by atoms with Gasteiger partial charge in [0.15, 0.2) is 0 Å². The maximum absolute atomic E-state index is 12.4. The lowest BCUT2D eigenvalue weighted by atomic mass is 10.0. The molecule has 114 valence electrons. The number of hydrogen-bond donors (Lipinski definition) is 2. The number of nitrogens with one attached hydrogen (secondary N) is 1. The molecule has 1 atom stereocenters. The van der Waals surface area contributed by atoms with Gasteiger partial charge in [0.1, 0.15) is 6.04 Å².